The molecule has 0 saturated heterocycles. The molecule has 1 aromatic carbocycles. The van der Waals surface area contributed by atoms with Gasteiger partial charge in [0.05, 0.1) is 11.6 Å². The van der Waals surface area contributed by atoms with Gasteiger partial charge in [0.25, 0.3) is 0 Å². The molecule has 1 unspecified atom stereocenters. The molecule has 0 aromatic heterocycles. The predicted octanol–water partition coefficient (Wildman–Crippen LogP) is 3.15. The molecular formula is C10H9ClN. The van der Waals surface area contributed by atoms with E-state index in [-0.39, 0.29) is 5.92 Å². The van der Waals surface area contributed by atoms with Gasteiger partial charge in [-0.3, -0.25) is 0 Å². The third kappa shape index (κ3) is 1.78. The van der Waals surface area contributed by atoms with Crippen molar-refractivity contribution >= 4 is 11.6 Å². The summed E-state index contributed by atoms with van der Waals surface area (Å²) in [5.41, 5.74) is 1.56. The van der Waals surface area contributed by atoms with Crippen molar-refractivity contribution in [1.29, 1.82) is 5.26 Å². The van der Waals surface area contributed by atoms with Crippen LogP contribution in [0.5, 0.6) is 0 Å². The lowest BCUT2D eigenvalue weighted by Crippen LogP contribution is -1.92. The minimum absolute atomic E-state index is 0.0957. The van der Waals surface area contributed by atoms with E-state index in [0.29, 0.717) is 10.6 Å². The van der Waals surface area contributed by atoms with Crippen LogP contribution in [-0.4, -0.2) is 0 Å². The van der Waals surface area contributed by atoms with E-state index in [1.807, 2.05) is 6.92 Å². The summed E-state index contributed by atoms with van der Waals surface area (Å²) in [7, 11) is 0. The molecule has 1 aromatic rings. The fourth-order valence-electron chi connectivity index (χ4n) is 1.04. The van der Waals surface area contributed by atoms with E-state index in [9.17, 15) is 0 Å². The smallest absolute Gasteiger partial charge is 0.0994 e. The molecule has 1 radical (unpaired) electrons. The second-order valence-electron chi connectivity index (χ2n) is 2.74. The molecule has 0 fully saturated rings. The number of rotatable bonds is 1. The molecule has 0 aliphatic rings. The topological polar surface area (TPSA) is 23.8 Å². The Morgan fingerprint density at radius 3 is 2.75 bits per heavy atom. The number of halogens is 1. The molecule has 0 saturated carbocycles. The summed E-state index contributed by atoms with van der Waals surface area (Å²) >= 11 is 5.78. The normalized spacial score (nSPS) is 9.92. The molecular weight excluding hydrogens is 170 g/mol. The second-order valence-corrected chi connectivity index (χ2v) is 3.18. The van der Waals surface area contributed by atoms with Gasteiger partial charge in [-0.25, -0.2) is 0 Å². The number of nitrogens with zero attached hydrogens (tertiary/aromatic N) is 1. The maximum Gasteiger partial charge on any atom is 0.0994 e. The first-order valence-electron chi connectivity index (χ1n) is 3.67. The Kier molecular flexibility index (Phi) is 2.73. The molecule has 61 valence electrons. The monoisotopic (exact) mass is 178 g/mol. The summed E-state index contributed by atoms with van der Waals surface area (Å²) in [6.45, 7) is 5.79. The Hall–Kier alpha value is -1.00. The summed E-state index contributed by atoms with van der Waals surface area (Å²) in [6, 6.07) is 7.33. The molecule has 1 rings (SSSR count). The Morgan fingerprint density at radius 1 is 1.58 bits per heavy atom. The molecule has 0 aliphatic heterocycles. The maximum absolute atomic E-state index is 8.74. The number of hydrogen-bond donors (Lipinski definition) is 0. The Bertz CT molecular complexity index is 323. The molecule has 2 heteroatoms. The van der Waals surface area contributed by atoms with Crippen LogP contribution in [0, 0.1) is 18.3 Å². The second kappa shape index (κ2) is 3.60. The van der Waals surface area contributed by atoms with E-state index in [1.54, 1.807) is 18.2 Å². The van der Waals surface area contributed by atoms with Crippen LogP contribution in [0.4, 0.5) is 0 Å². The Labute approximate surface area is 77.6 Å². The Morgan fingerprint density at radius 2 is 2.25 bits per heavy atom. The van der Waals surface area contributed by atoms with Crippen LogP contribution in [0.1, 0.15) is 24.0 Å². The zero-order valence-electron chi connectivity index (χ0n) is 6.84. The van der Waals surface area contributed by atoms with E-state index >= 15 is 0 Å². The number of nitriles is 1. The SMILES string of the molecule is [CH2]C(C)c1cc(Cl)ccc1C#N. The summed E-state index contributed by atoms with van der Waals surface area (Å²) in [5, 5.41) is 9.39. The third-order valence-corrected chi connectivity index (χ3v) is 1.90. The summed E-state index contributed by atoms with van der Waals surface area (Å²) in [5.74, 6) is 0.0957. The van der Waals surface area contributed by atoms with Crippen LogP contribution in [0.2, 0.25) is 5.02 Å². The minimum Gasteiger partial charge on any atom is -0.192 e. The van der Waals surface area contributed by atoms with Crippen molar-refractivity contribution in [3.05, 3.63) is 41.3 Å². The zero-order valence-corrected chi connectivity index (χ0v) is 7.60. The molecule has 0 spiro atoms. The maximum atomic E-state index is 8.74. The average molecular weight is 179 g/mol. The van der Waals surface area contributed by atoms with Crippen molar-refractivity contribution in [2.75, 3.05) is 0 Å². The standard InChI is InChI=1S/C10H9ClN/c1-7(2)10-5-9(11)4-3-8(10)6-12/h3-5,7H,1H2,2H3. The largest absolute Gasteiger partial charge is 0.192 e. The van der Waals surface area contributed by atoms with Gasteiger partial charge in [-0.2, -0.15) is 5.26 Å². The predicted molar refractivity (Wildman–Crippen MR) is 49.9 cm³/mol. The van der Waals surface area contributed by atoms with Crippen LogP contribution < -0.4 is 0 Å². The van der Waals surface area contributed by atoms with Gasteiger partial charge in [0.15, 0.2) is 0 Å². The first-order valence-corrected chi connectivity index (χ1v) is 4.05. The van der Waals surface area contributed by atoms with Crippen molar-refractivity contribution < 1.29 is 0 Å². The number of hydrogen-bond acceptors (Lipinski definition) is 1. The van der Waals surface area contributed by atoms with Crippen LogP contribution in [-0.2, 0) is 0 Å². The average Bonchev–Trinajstić information content (AvgIpc) is 2.04. The van der Waals surface area contributed by atoms with E-state index in [2.05, 4.69) is 13.0 Å². The lowest BCUT2D eigenvalue weighted by Gasteiger charge is -2.06. The van der Waals surface area contributed by atoms with Crippen LogP contribution in [0.3, 0.4) is 0 Å². The van der Waals surface area contributed by atoms with Gasteiger partial charge in [0, 0.05) is 5.02 Å². The van der Waals surface area contributed by atoms with Gasteiger partial charge in [-0.15, -0.1) is 0 Å². The fraction of sp³-hybridized carbons (Fsp3) is 0.200. The van der Waals surface area contributed by atoms with Crippen LogP contribution in [0.15, 0.2) is 18.2 Å². The highest BCUT2D eigenvalue weighted by Crippen LogP contribution is 2.22. The molecule has 0 aliphatic carbocycles. The zero-order chi connectivity index (χ0) is 9.14. The highest BCUT2D eigenvalue weighted by molar-refractivity contribution is 6.30. The van der Waals surface area contributed by atoms with Gasteiger partial charge in [0.2, 0.25) is 0 Å². The fourth-order valence-corrected chi connectivity index (χ4v) is 1.22. The van der Waals surface area contributed by atoms with Crippen LogP contribution in [0.25, 0.3) is 0 Å². The molecule has 0 amide bonds. The van der Waals surface area contributed by atoms with Crippen molar-refractivity contribution in [2.24, 2.45) is 0 Å². The highest BCUT2D eigenvalue weighted by atomic mass is 35.5. The summed E-state index contributed by atoms with van der Waals surface area (Å²) in [4.78, 5) is 0. The summed E-state index contributed by atoms with van der Waals surface area (Å²) in [6.07, 6.45) is 0. The van der Waals surface area contributed by atoms with Gasteiger partial charge in [-0.05, 0) is 36.6 Å². The molecule has 1 atom stereocenters. The third-order valence-electron chi connectivity index (χ3n) is 1.66. The van der Waals surface area contributed by atoms with Crippen molar-refractivity contribution in [1.82, 2.24) is 0 Å². The Balaban J connectivity index is 3.24. The molecule has 0 N–H and O–H groups in total. The van der Waals surface area contributed by atoms with Crippen molar-refractivity contribution in [2.45, 2.75) is 12.8 Å². The lowest BCUT2D eigenvalue weighted by molar-refractivity contribution is 0.958. The quantitative estimate of drug-likeness (QED) is 0.648. The molecule has 0 heterocycles. The molecule has 1 nitrogen and oxygen atoms in total. The van der Waals surface area contributed by atoms with Gasteiger partial charge in [0.1, 0.15) is 0 Å². The van der Waals surface area contributed by atoms with Gasteiger partial charge >= 0.3 is 0 Å². The summed E-state index contributed by atoms with van der Waals surface area (Å²) < 4.78 is 0. The lowest BCUT2D eigenvalue weighted by atomic mass is 9.98. The highest BCUT2D eigenvalue weighted by Gasteiger charge is 2.05. The van der Waals surface area contributed by atoms with E-state index < -0.39 is 0 Å². The molecule has 12 heavy (non-hydrogen) atoms. The van der Waals surface area contributed by atoms with Crippen molar-refractivity contribution in [3.63, 3.8) is 0 Å². The van der Waals surface area contributed by atoms with Crippen LogP contribution >= 0.6 is 11.6 Å². The number of benzene rings is 1. The first-order chi connectivity index (χ1) is 5.65. The van der Waals surface area contributed by atoms with Gasteiger partial charge < -0.3 is 0 Å². The minimum atomic E-state index is 0.0957. The molecule has 0 bridgehead atoms. The van der Waals surface area contributed by atoms with E-state index in [1.165, 1.54) is 0 Å². The van der Waals surface area contributed by atoms with E-state index in [4.69, 9.17) is 16.9 Å². The van der Waals surface area contributed by atoms with E-state index in [0.717, 1.165) is 5.56 Å². The van der Waals surface area contributed by atoms with Crippen molar-refractivity contribution in [3.8, 4) is 6.07 Å². The first kappa shape index (κ1) is 9.09. The van der Waals surface area contributed by atoms with Gasteiger partial charge in [-0.1, -0.05) is 18.5 Å².